The molecule has 0 saturated carbocycles. The molecule has 19 heavy (non-hydrogen) atoms. The summed E-state index contributed by atoms with van der Waals surface area (Å²) in [6.45, 7) is 2.24. The summed E-state index contributed by atoms with van der Waals surface area (Å²) < 4.78 is 0. The zero-order valence-electron chi connectivity index (χ0n) is 10.4. The van der Waals surface area contributed by atoms with Crippen molar-refractivity contribution in [1.29, 1.82) is 0 Å². The number of rotatable bonds is 3. The Hall–Kier alpha value is -1.53. The lowest BCUT2D eigenvalue weighted by Gasteiger charge is -2.21. The van der Waals surface area contributed by atoms with Gasteiger partial charge in [0.05, 0.1) is 5.02 Å². The number of H-pyrrole nitrogens is 1. The van der Waals surface area contributed by atoms with Crippen molar-refractivity contribution in [3.63, 3.8) is 0 Å². The van der Waals surface area contributed by atoms with Gasteiger partial charge in [-0.15, -0.1) is 0 Å². The Bertz CT molecular complexity index is 523. The molecule has 1 aliphatic heterocycles. The quantitative estimate of drug-likeness (QED) is 0.746. The van der Waals surface area contributed by atoms with Crippen LogP contribution >= 0.6 is 11.6 Å². The predicted molar refractivity (Wildman–Crippen MR) is 73.4 cm³/mol. The lowest BCUT2D eigenvalue weighted by atomic mass is 9.98. The summed E-state index contributed by atoms with van der Waals surface area (Å²) in [6.07, 6.45) is 1.94. The van der Waals surface area contributed by atoms with E-state index in [-0.39, 0.29) is 16.4 Å². The fourth-order valence-corrected chi connectivity index (χ4v) is 2.18. The largest absolute Gasteiger partial charge is 0.384 e. The van der Waals surface area contributed by atoms with Gasteiger partial charge in [0.25, 0.3) is 11.5 Å². The molecule has 0 spiro atoms. The first-order valence-corrected chi connectivity index (χ1v) is 6.55. The van der Waals surface area contributed by atoms with Gasteiger partial charge in [-0.3, -0.25) is 9.59 Å². The molecule has 0 aliphatic carbocycles. The fourth-order valence-electron chi connectivity index (χ4n) is 2.03. The van der Waals surface area contributed by atoms with Crippen molar-refractivity contribution in [2.75, 3.05) is 25.4 Å². The molecule has 103 valence electrons. The highest BCUT2D eigenvalue weighted by Gasteiger charge is 2.17. The first-order chi connectivity index (χ1) is 9.08. The Morgan fingerprint density at radius 1 is 1.53 bits per heavy atom. The Morgan fingerprint density at radius 3 is 2.89 bits per heavy atom. The Labute approximate surface area is 115 Å². The topological polar surface area (TPSA) is 102 Å². The number of piperidine rings is 1. The van der Waals surface area contributed by atoms with Crippen molar-refractivity contribution in [2.24, 2.45) is 5.92 Å². The second-order valence-electron chi connectivity index (χ2n) is 4.60. The molecule has 2 heterocycles. The van der Waals surface area contributed by atoms with E-state index in [2.05, 4.69) is 15.6 Å². The molecule has 6 nitrogen and oxygen atoms in total. The number of nitrogens with two attached hydrogens (primary N) is 1. The van der Waals surface area contributed by atoms with Crippen LogP contribution in [0.15, 0.2) is 10.9 Å². The number of halogens is 1. The van der Waals surface area contributed by atoms with E-state index in [1.54, 1.807) is 0 Å². The van der Waals surface area contributed by atoms with Gasteiger partial charge in [0.15, 0.2) is 0 Å². The van der Waals surface area contributed by atoms with Gasteiger partial charge >= 0.3 is 0 Å². The SMILES string of the molecule is Nc1[nH]c(=O)c(C(=O)NCC2CC[N]CC2)cc1Cl. The van der Waals surface area contributed by atoms with Crippen molar-refractivity contribution in [2.45, 2.75) is 12.8 Å². The van der Waals surface area contributed by atoms with E-state index in [0.29, 0.717) is 12.5 Å². The lowest BCUT2D eigenvalue weighted by Crippen LogP contribution is -2.36. The number of anilines is 1. The van der Waals surface area contributed by atoms with Crippen LogP contribution in [0.2, 0.25) is 5.02 Å². The highest BCUT2D eigenvalue weighted by molar-refractivity contribution is 6.33. The number of aromatic nitrogens is 1. The van der Waals surface area contributed by atoms with Crippen molar-refractivity contribution < 1.29 is 4.79 Å². The molecule has 4 N–H and O–H groups in total. The maximum absolute atomic E-state index is 11.9. The Kier molecular flexibility index (Phi) is 4.44. The third kappa shape index (κ3) is 3.48. The number of carbonyl (C=O) groups excluding carboxylic acids is 1. The summed E-state index contributed by atoms with van der Waals surface area (Å²) in [7, 11) is 0. The number of nitrogen functional groups attached to an aromatic ring is 1. The van der Waals surface area contributed by atoms with E-state index in [1.807, 2.05) is 0 Å². The fraction of sp³-hybridized carbons (Fsp3) is 0.500. The normalized spacial score (nSPS) is 16.3. The van der Waals surface area contributed by atoms with Gasteiger partial charge in [0, 0.05) is 19.6 Å². The third-order valence-corrected chi connectivity index (χ3v) is 3.52. The van der Waals surface area contributed by atoms with Crippen LogP contribution in [0.25, 0.3) is 0 Å². The van der Waals surface area contributed by atoms with Crippen LogP contribution in [-0.2, 0) is 0 Å². The van der Waals surface area contributed by atoms with Crippen LogP contribution in [-0.4, -0.2) is 30.5 Å². The molecule has 1 amide bonds. The number of aromatic amines is 1. The number of hydrogen-bond acceptors (Lipinski definition) is 3. The van der Waals surface area contributed by atoms with E-state index in [1.165, 1.54) is 6.07 Å². The van der Waals surface area contributed by atoms with Crippen LogP contribution in [0.4, 0.5) is 5.82 Å². The number of pyridine rings is 1. The van der Waals surface area contributed by atoms with Gasteiger partial charge in [-0.2, -0.15) is 0 Å². The van der Waals surface area contributed by atoms with Crippen LogP contribution in [0, 0.1) is 5.92 Å². The molecule has 1 aromatic heterocycles. The maximum atomic E-state index is 11.9. The highest BCUT2D eigenvalue weighted by Crippen LogP contribution is 2.15. The minimum atomic E-state index is -0.530. The number of carbonyl (C=O) groups is 1. The smallest absolute Gasteiger partial charge is 0.262 e. The average molecular weight is 284 g/mol. The summed E-state index contributed by atoms with van der Waals surface area (Å²) >= 11 is 5.79. The summed E-state index contributed by atoms with van der Waals surface area (Å²) in [4.78, 5) is 25.9. The molecule has 0 unspecified atom stereocenters. The van der Waals surface area contributed by atoms with Crippen molar-refractivity contribution in [3.05, 3.63) is 27.0 Å². The van der Waals surface area contributed by atoms with E-state index in [9.17, 15) is 9.59 Å². The van der Waals surface area contributed by atoms with Gasteiger partial charge in [-0.1, -0.05) is 11.6 Å². The molecule has 1 aromatic rings. The third-order valence-electron chi connectivity index (χ3n) is 3.21. The Morgan fingerprint density at radius 2 is 2.21 bits per heavy atom. The number of hydrogen-bond donors (Lipinski definition) is 3. The molecule has 1 aliphatic rings. The van der Waals surface area contributed by atoms with Crippen LogP contribution in [0.1, 0.15) is 23.2 Å². The maximum Gasteiger partial charge on any atom is 0.262 e. The molecule has 1 fully saturated rings. The summed E-state index contributed by atoms with van der Waals surface area (Å²) in [5.41, 5.74) is 4.91. The molecule has 2 rings (SSSR count). The summed E-state index contributed by atoms with van der Waals surface area (Å²) in [6, 6.07) is 1.29. The van der Waals surface area contributed by atoms with Gasteiger partial charge < -0.3 is 16.0 Å². The van der Waals surface area contributed by atoms with Crippen molar-refractivity contribution >= 4 is 23.3 Å². The molecule has 1 saturated heterocycles. The van der Waals surface area contributed by atoms with E-state index < -0.39 is 11.5 Å². The van der Waals surface area contributed by atoms with Crippen molar-refractivity contribution in [3.8, 4) is 0 Å². The lowest BCUT2D eigenvalue weighted by molar-refractivity contribution is 0.0942. The molecular weight excluding hydrogens is 268 g/mol. The molecule has 7 heteroatoms. The standard InChI is InChI=1S/C12H16ClN4O2/c13-9-5-8(12(19)17-10(9)14)11(18)16-6-7-1-3-15-4-2-7/h5,7H,1-4,6H2,(H,16,18)(H3,14,17,19). The molecule has 1 radical (unpaired) electrons. The number of amides is 1. The molecule has 0 aromatic carbocycles. The first kappa shape index (κ1) is 13.9. The van der Waals surface area contributed by atoms with Crippen molar-refractivity contribution in [1.82, 2.24) is 15.6 Å². The predicted octanol–water partition coefficient (Wildman–Crippen LogP) is 0.355. The second-order valence-corrected chi connectivity index (χ2v) is 5.01. The van der Waals surface area contributed by atoms with Crippen LogP contribution < -0.4 is 21.9 Å². The number of nitrogens with one attached hydrogen (secondary N) is 2. The van der Waals surface area contributed by atoms with E-state index in [4.69, 9.17) is 17.3 Å². The second kappa shape index (κ2) is 6.08. The van der Waals surface area contributed by atoms with Gasteiger partial charge in [-0.05, 0) is 24.8 Å². The first-order valence-electron chi connectivity index (χ1n) is 6.17. The summed E-state index contributed by atoms with van der Waals surface area (Å²) in [5, 5.41) is 7.17. The van der Waals surface area contributed by atoms with Gasteiger partial charge in [0.1, 0.15) is 11.4 Å². The minimum absolute atomic E-state index is 0.0142. The Balaban J connectivity index is 1.99. The van der Waals surface area contributed by atoms with Crippen LogP contribution in [0.5, 0.6) is 0 Å². The molecule has 0 bridgehead atoms. The minimum Gasteiger partial charge on any atom is -0.384 e. The van der Waals surface area contributed by atoms with Gasteiger partial charge in [-0.25, -0.2) is 5.32 Å². The molecular formula is C12H16ClN4O2. The van der Waals surface area contributed by atoms with Crippen LogP contribution in [0.3, 0.4) is 0 Å². The average Bonchev–Trinajstić information content (AvgIpc) is 2.41. The summed E-state index contributed by atoms with van der Waals surface area (Å²) in [5.74, 6) is 0.0626. The highest BCUT2D eigenvalue weighted by atomic mass is 35.5. The monoisotopic (exact) mass is 283 g/mol. The zero-order valence-corrected chi connectivity index (χ0v) is 11.2. The molecule has 0 atom stereocenters. The number of nitrogens with zero attached hydrogens (tertiary/aromatic N) is 1. The van der Waals surface area contributed by atoms with Gasteiger partial charge in [0.2, 0.25) is 0 Å². The zero-order chi connectivity index (χ0) is 13.8. The van der Waals surface area contributed by atoms with E-state index >= 15 is 0 Å². The van der Waals surface area contributed by atoms with E-state index in [0.717, 1.165) is 25.9 Å².